The van der Waals surface area contributed by atoms with E-state index in [0.29, 0.717) is 19.5 Å². The van der Waals surface area contributed by atoms with Crippen molar-refractivity contribution in [1.82, 2.24) is 25.6 Å². The molecule has 0 fully saturated rings. The average Bonchev–Trinajstić information content (AvgIpc) is 2.87. The number of aliphatic carboxylic acids is 1. The first-order chi connectivity index (χ1) is 9.13. The summed E-state index contributed by atoms with van der Waals surface area (Å²) in [5.41, 5.74) is 0. The van der Waals surface area contributed by atoms with Gasteiger partial charge in [0.05, 0.1) is 6.20 Å². The molecule has 1 heterocycles. The third-order valence-corrected chi connectivity index (χ3v) is 2.34. The van der Waals surface area contributed by atoms with Crippen molar-refractivity contribution < 1.29 is 19.8 Å². The van der Waals surface area contributed by atoms with Gasteiger partial charge >= 0.3 is 12.0 Å². The lowest BCUT2D eigenvalue weighted by molar-refractivity contribution is -0.139. The van der Waals surface area contributed by atoms with Gasteiger partial charge in [-0.05, 0) is 6.42 Å². The number of hydrogen-bond donors (Lipinski definition) is 4. The van der Waals surface area contributed by atoms with Crippen molar-refractivity contribution in [3.05, 3.63) is 12.4 Å². The molecule has 106 valence electrons. The fraction of sp³-hybridized carbons (Fsp3) is 0.600. The minimum atomic E-state index is -1.17. The second-order valence-electron chi connectivity index (χ2n) is 3.82. The molecule has 0 unspecified atom stereocenters. The van der Waals surface area contributed by atoms with Gasteiger partial charge in [0.15, 0.2) is 0 Å². The van der Waals surface area contributed by atoms with Crippen molar-refractivity contribution in [1.29, 1.82) is 0 Å². The van der Waals surface area contributed by atoms with Crippen molar-refractivity contribution in [3.63, 3.8) is 0 Å². The van der Waals surface area contributed by atoms with Crippen LogP contribution >= 0.6 is 0 Å². The normalized spacial score (nSPS) is 11.8. The van der Waals surface area contributed by atoms with Crippen molar-refractivity contribution in [2.45, 2.75) is 25.4 Å². The molecule has 1 aromatic rings. The summed E-state index contributed by atoms with van der Waals surface area (Å²) in [5.74, 6) is -1.17. The zero-order valence-corrected chi connectivity index (χ0v) is 10.3. The first-order valence-corrected chi connectivity index (χ1v) is 5.85. The fourth-order valence-electron chi connectivity index (χ4n) is 1.39. The Hall–Kier alpha value is -2.16. The number of nitrogens with one attached hydrogen (secondary N) is 2. The van der Waals surface area contributed by atoms with Crippen LogP contribution in [0.5, 0.6) is 0 Å². The molecule has 1 atom stereocenters. The van der Waals surface area contributed by atoms with Crippen LogP contribution in [-0.2, 0) is 11.3 Å². The van der Waals surface area contributed by atoms with E-state index in [-0.39, 0.29) is 13.0 Å². The van der Waals surface area contributed by atoms with Crippen LogP contribution in [0.1, 0.15) is 12.8 Å². The number of carboxylic acid groups (broad SMARTS) is 1. The summed E-state index contributed by atoms with van der Waals surface area (Å²) in [6.07, 6.45) is 3.89. The van der Waals surface area contributed by atoms with Crippen LogP contribution in [0.2, 0.25) is 0 Å². The molecule has 1 rings (SSSR count). The number of carboxylic acids is 1. The summed E-state index contributed by atoms with van der Waals surface area (Å²) >= 11 is 0. The Bertz CT molecular complexity index is 395. The van der Waals surface area contributed by atoms with Gasteiger partial charge in [-0.2, -0.15) is 0 Å². The molecule has 0 aliphatic heterocycles. The molecule has 0 bridgehead atoms. The predicted molar refractivity (Wildman–Crippen MR) is 64.3 cm³/mol. The Kier molecular flexibility index (Phi) is 6.30. The van der Waals surface area contributed by atoms with E-state index in [0.717, 1.165) is 0 Å². The molecule has 1 aromatic heterocycles. The van der Waals surface area contributed by atoms with Crippen LogP contribution in [-0.4, -0.2) is 56.4 Å². The van der Waals surface area contributed by atoms with E-state index >= 15 is 0 Å². The highest BCUT2D eigenvalue weighted by Crippen LogP contribution is 1.91. The molecular formula is C10H17N5O4. The molecule has 0 spiro atoms. The van der Waals surface area contributed by atoms with Crippen LogP contribution in [0.4, 0.5) is 4.79 Å². The zero-order valence-electron chi connectivity index (χ0n) is 10.3. The van der Waals surface area contributed by atoms with Crippen LogP contribution in [0, 0.1) is 0 Å². The average molecular weight is 271 g/mol. The molecule has 0 aromatic carbocycles. The first-order valence-electron chi connectivity index (χ1n) is 5.85. The molecule has 0 aliphatic carbocycles. The van der Waals surface area contributed by atoms with Gasteiger partial charge in [0.1, 0.15) is 6.04 Å². The Morgan fingerprint density at radius 1 is 1.42 bits per heavy atom. The number of rotatable bonds is 8. The highest BCUT2D eigenvalue weighted by molar-refractivity contribution is 5.82. The molecule has 0 radical (unpaired) electrons. The lowest BCUT2D eigenvalue weighted by Gasteiger charge is -2.13. The SMILES string of the molecule is O=C(NCCCn1ccnn1)N[C@@H](CCO)C(=O)O. The van der Waals surface area contributed by atoms with E-state index in [9.17, 15) is 9.59 Å². The fourth-order valence-corrected chi connectivity index (χ4v) is 1.39. The van der Waals surface area contributed by atoms with Gasteiger partial charge in [-0.25, -0.2) is 9.59 Å². The number of aliphatic hydroxyl groups excluding tert-OH is 1. The highest BCUT2D eigenvalue weighted by Gasteiger charge is 2.18. The maximum Gasteiger partial charge on any atom is 0.326 e. The number of amides is 2. The molecule has 4 N–H and O–H groups in total. The lowest BCUT2D eigenvalue weighted by Crippen LogP contribution is -2.46. The summed E-state index contributed by atoms with van der Waals surface area (Å²) in [4.78, 5) is 22.1. The van der Waals surface area contributed by atoms with Gasteiger partial charge in [-0.1, -0.05) is 5.21 Å². The number of nitrogens with zero attached hydrogens (tertiary/aromatic N) is 3. The number of urea groups is 1. The van der Waals surface area contributed by atoms with E-state index in [1.165, 1.54) is 0 Å². The van der Waals surface area contributed by atoms with Crippen LogP contribution < -0.4 is 10.6 Å². The third kappa shape index (κ3) is 5.82. The van der Waals surface area contributed by atoms with E-state index in [4.69, 9.17) is 10.2 Å². The second-order valence-corrected chi connectivity index (χ2v) is 3.82. The summed E-state index contributed by atoms with van der Waals surface area (Å²) in [6.45, 7) is 0.694. The smallest absolute Gasteiger partial charge is 0.326 e. The number of aromatic nitrogens is 3. The number of aliphatic hydroxyl groups is 1. The maximum atomic E-state index is 11.4. The summed E-state index contributed by atoms with van der Waals surface area (Å²) in [7, 11) is 0. The third-order valence-electron chi connectivity index (χ3n) is 2.34. The quantitative estimate of drug-likeness (QED) is 0.440. The molecule has 0 saturated carbocycles. The maximum absolute atomic E-state index is 11.4. The number of carbonyl (C=O) groups is 2. The van der Waals surface area contributed by atoms with Crippen LogP contribution in [0.15, 0.2) is 12.4 Å². The van der Waals surface area contributed by atoms with Gasteiger partial charge in [0, 0.05) is 32.3 Å². The standard InChI is InChI=1S/C10H17N5O4/c16-7-2-8(9(17)18)13-10(19)11-3-1-5-15-6-4-12-14-15/h4,6,8,16H,1-3,5,7H2,(H,17,18)(H2,11,13,19)/t8-/m0/s1. The van der Waals surface area contributed by atoms with Gasteiger partial charge in [-0.15, -0.1) is 5.10 Å². The highest BCUT2D eigenvalue weighted by atomic mass is 16.4. The monoisotopic (exact) mass is 271 g/mol. The number of hydrogen-bond acceptors (Lipinski definition) is 5. The van der Waals surface area contributed by atoms with Crippen molar-refractivity contribution in [3.8, 4) is 0 Å². The molecular weight excluding hydrogens is 254 g/mol. The van der Waals surface area contributed by atoms with Crippen LogP contribution in [0.25, 0.3) is 0 Å². The Morgan fingerprint density at radius 3 is 2.79 bits per heavy atom. The van der Waals surface area contributed by atoms with E-state index in [2.05, 4.69) is 20.9 Å². The van der Waals surface area contributed by atoms with Crippen molar-refractivity contribution in [2.75, 3.05) is 13.2 Å². The number of aryl methyl sites for hydroxylation is 1. The molecule has 2 amide bonds. The van der Waals surface area contributed by atoms with Crippen molar-refractivity contribution in [2.24, 2.45) is 0 Å². The predicted octanol–water partition coefficient (Wildman–Crippen LogP) is -1.20. The van der Waals surface area contributed by atoms with Crippen molar-refractivity contribution >= 4 is 12.0 Å². The number of carbonyl (C=O) groups excluding carboxylic acids is 1. The molecule has 0 saturated heterocycles. The second kappa shape index (κ2) is 8.03. The van der Waals surface area contributed by atoms with E-state index in [1.807, 2.05) is 0 Å². The lowest BCUT2D eigenvalue weighted by atomic mass is 10.2. The van der Waals surface area contributed by atoms with Gasteiger partial charge in [0.2, 0.25) is 0 Å². The molecule has 0 aliphatic rings. The van der Waals surface area contributed by atoms with Crippen LogP contribution in [0.3, 0.4) is 0 Å². The Balaban J connectivity index is 2.17. The minimum Gasteiger partial charge on any atom is -0.480 e. The summed E-state index contributed by atoms with van der Waals surface area (Å²) in [5, 5.41) is 29.6. The van der Waals surface area contributed by atoms with E-state index < -0.39 is 18.0 Å². The Labute approximate surface area is 109 Å². The largest absolute Gasteiger partial charge is 0.480 e. The molecule has 9 heteroatoms. The minimum absolute atomic E-state index is 0.0261. The van der Waals surface area contributed by atoms with Gasteiger partial charge in [-0.3, -0.25) is 4.68 Å². The van der Waals surface area contributed by atoms with E-state index in [1.54, 1.807) is 17.1 Å². The molecule has 19 heavy (non-hydrogen) atoms. The van der Waals surface area contributed by atoms with Gasteiger partial charge < -0.3 is 20.8 Å². The first kappa shape index (κ1) is 14.9. The summed E-state index contributed by atoms with van der Waals surface area (Å²) in [6, 6.07) is -1.65. The zero-order chi connectivity index (χ0) is 14.1. The summed E-state index contributed by atoms with van der Waals surface area (Å²) < 4.78 is 1.63. The topological polar surface area (TPSA) is 129 Å². The molecule has 9 nitrogen and oxygen atoms in total. The van der Waals surface area contributed by atoms with Gasteiger partial charge in [0.25, 0.3) is 0 Å². The Morgan fingerprint density at radius 2 is 2.21 bits per heavy atom.